The van der Waals surface area contributed by atoms with Crippen LogP contribution in [0.2, 0.25) is 0 Å². The largest absolute Gasteiger partial charge is 0.316 e. The highest BCUT2D eigenvalue weighted by molar-refractivity contribution is 4.93. The van der Waals surface area contributed by atoms with Gasteiger partial charge in [-0.05, 0) is 31.6 Å². The zero-order valence-corrected chi connectivity index (χ0v) is 9.26. The first-order valence-electron chi connectivity index (χ1n) is 6.07. The van der Waals surface area contributed by atoms with Gasteiger partial charge in [-0.2, -0.15) is 0 Å². The molecule has 2 aliphatic rings. The molecule has 1 aromatic heterocycles. The average molecular weight is 220 g/mol. The van der Waals surface area contributed by atoms with Crippen molar-refractivity contribution in [2.45, 2.75) is 44.7 Å². The van der Waals surface area contributed by atoms with Gasteiger partial charge in [0.2, 0.25) is 0 Å². The average Bonchev–Trinajstić information content (AvgIpc) is 3.01. The Morgan fingerprint density at radius 1 is 1.06 bits per heavy atom. The normalized spacial score (nSPS) is 20.8. The maximum absolute atomic E-state index is 11.8. The van der Waals surface area contributed by atoms with Crippen LogP contribution < -0.4 is 11.1 Å². The van der Waals surface area contributed by atoms with Crippen LogP contribution in [0, 0.1) is 5.92 Å². The van der Waals surface area contributed by atoms with Crippen molar-refractivity contribution in [2.75, 3.05) is 0 Å². The number of nitrogens with zero attached hydrogens (tertiary/aromatic N) is 2. The first-order valence-corrected chi connectivity index (χ1v) is 6.07. The Balaban J connectivity index is 1.91. The second-order valence-corrected chi connectivity index (χ2v) is 5.00. The zero-order chi connectivity index (χ0) is 11.1. The Kier molecular flexibility index (Phi) is 2.23. The molecule has 0 atom stereocenters. The van der Waals surface area contributed by atoms with Gasteiger partial charge in [0, 0.05) is 25.0 Å². The molecule has 0 amide bonds. The summed E-state index contributed by atoms with van der Waals surface area (Å²) in [5, 5.41) is 0. The van der Waals surface area contributed by atoms with Gasteiger partial charge in [-0.3, -0.25) is 9.59 Å². The van der Waals surface area contributed by atoms with Crippen LogP contribution in [-0.2, 0) is 6.54 Å². The summed E-state index contributed by atoms with van der Waals surface area (Å²) in [6.45, 7) is 0.722. The van der Waals surface area contributed by atoms with Gasteiger partial charge in [-0.15, -0.1) is 0 Å². The highest BCUT2D eigenvalue weighted by Crippen LogP contribution is 2.32. The van der Waals surface area contributed by atoms with E-state index in [1.54, 1.807) is 21.5 Å². The molecule has 0 radical (unpaired) electrons. The molecule has 0 N–H and O–H groups in total. The van der Waals surface area contributed by atoms with Crippen LogP contribution in [0.5, 0.6) is 0 Å². The second-order valence-electron chi connectivity index (χ2n) is 5.00. The van der Waals surface area contributed by atoms with Gasteiger partial charge >= 0.3 is 11.1 Å². The molecule has 1 heterocycles. The Morgan fingerprint density at radius 3 is 2.38 bits per heavy atom. The van der Waals surface area contributed by atoms with Gasteiger partial charge < -0.3 is 9.13 Å². The molecule has 0 aliphatic heterocycles. The predicted molar refractivity (Wildman–Crippen MR) is 60.6 cm³/mol. The third kappa shape index (κ3) is 1.62. The van der Waals surface area contributed by atoms with E-state index in [2.05, 4.69) is 0 Å². The first kappa shape index (κ1) is 9.87. The van der Waals surface area contributed by atoms with E-state index in [9.17, 15) is 9.59 Å². The zero-order valence-electron chi connectivity index (χ0n) is 9.26. The van der Waals surface area contributed by atoms with E-state index in [-0.39, 0.29) is 11.1 Å². The molecule has 4 nitrogen and oxygen atoms in total. The van der Waals surface area contributed by atoms with Crippen LogP contribution in [0.1, 0.15) is 38.1 Å². The lowest BCUT2D eigenvalue weighted by molar-refractivity contribution is 0.272. The van der Waals surface area contributed by atoms with E-state index in [1.165, 1.54) is 19.3 Å². The molecule has 0 aromatic carbocycles. The lowest BCUT2D eigenvalue weighted by atomic mass is 9.85. The molecule has 0 saturated heterocycles. The van der Waals surface area contributed by atoms with Crippen molar-refractivity contribution in [1.82, 2.24) is 9.13 Å². The molecule has 86 valence electrons. The Bertz CT molecular complexity index is 506. The highest BCUT2D eigenvalue weighted by atomic mass is 16.2. The Hall–Kier alpha value is -1.32. The summed E-state index contributed by atoms with van der Waals surface area (Å²) in [6.07, 6.45) is 9.27. The van der Waals surface area contributed by atoms with E-state index < -0.39 is 0 Å². The minimum Gasteiger partial charge on any atom is -0.309 e. The minimum atomic E-state index is -0.346. The van der Waals surface area contributed by atoms with Crippen LogP contribution in [0.25, 0.3) is 0 Å². The fourth-order valence-electron chi connectivity index (χ4n) is 2.26. The van der Waals surface area contributed by atoms with Crippen molar-refractivity contribution in [3.05, 3.63) is 33.1 Å². The van der Waals surface area contributed by atoms with Gasteiger partial charge in [0.25, 0.3) is 0 Å². The molecule has 16 heavy (non-hydrogen) atoms. The molecule has 3 rings (SSSR count). The Labute approximate surface area is 93.5 Å². The quantitative estimate of drug-likeness (QED) is 0.717. The molecule has 0 unspecified atom stereocenters. The molecular formula is C12H16N2O2. The van der Waals surface area contributed by atoms with Crippen LogP contribution in [-0.4, -0.2) is 9.13 Å². The number of rotatable bonds is 3. The minimum absolute atomic E-state index is 0.290. The molecule has 4 heteroatoms. The molecular weight excluding hydrogens is 204 g/mol. The van der Waals surface area contributed by atoms with Crippen molar-refractivity contribution >= 4 is 0 Å². The van der Waals surface area contributed by atoms with Gasteiger partial charge in [0.15, 0.2) is 0 Å². The summed E-state index contributed by atoms with van der Waals surface area (Å²) in [7, 11) is 0. The van der Waals surface area contributed by atoms with Crippen LogP contribution in [0.15, 0.2) is 22.0 Å². The van der Waals surface area contributed by atoms with Gasteiger partial charge in [0.1, 0.15) is 0 Å². The lowest BCUT2D eigenvalue weighted by Gasteiger charge is -2.25. The third-order valence-electron chi connectivity index (χ3n) is 3.71. The van der Waals surface area contributed by atoms with Crippen molar-refractivity contribution in [3.63, 3.8) is 0 Å². The summed E-state index contributed by atoms with van der Waals surface area (Å²) in [5.74, 6) is 0.605. The van der Waals surface area contributed by atoms with Crippen LogP contribution in [0.3, 0.4) is 0 Å². The predicted octanol–water partition coefficient (Wildman–Crippen LogP) is 1.14. The maximum atomic E-state index is 11.8. The molecule has 2 fully saturated rings. The van der Waals surface area contributed by atoms with Crippen LogP contribution in [0.4, 0.5) is 0 Å². The lowest BCUT2D eigenvalue weighted by Crippen LogP contribution is -2.41. The monoisotopic (exact) mass is 220 g/mol. The van der Waals surface area contributed by atoms with Gasteiger partial charge in [-0.1, -0.05) is 6.42 Å². The van der Waals surface area contributed by atoms with E-state index in [4.69, 9.17) is 0 Å². The van der Waals surface area contributed by atoms with E-state index in [0.29, 0.717) is 12.0 Å². The SMILES string of the molecule is O=c1c(=O)n(C2CC2)ccn1CC1CCC1. The summed E-state index contributed by atoms with van der Waals surface area (Å²) in [5.41, 5.74) is -0.689. The third-order valence-corrected chi connectivity index (χ3v) is 3.71. The van der Waals surface area contributed by atoms with Crippen molar-refractivity contribution in [3.8, 4) is 0 Å². The number of hydrogen-bond donors (Lipinski definition) is 0. The first-order chi connectivity index (χ1) is 7.75. The van der Waals surface area contributed by atoms with Crippen LogP contribution >= 0.6 is 0 Å². The smallest absolute Gasteiger partial charge is 0.309 e. The topological polar surface area (TPSA) is 44.0 Å². The fourth-order valence-corrected chi connectivity index (χ4v) is 2.26. The van der Waals surface area contributed by atoms with E-state index in [1.807, 2.05) is 0 Å². The Morgan fingerprint density at radius 2 is 1.81 bits per heavy atom. The summed E-state index contributed by atoms with van der Waals surface area (Å²) >= 11 is 0. The molecule has 2 saturated carbocycles. The standard InChI is InChI=1S/C12H16N2O2/c15-11-12(16)14(10-4-5-10)7-6-13(11)8-9-2-1-3-9/h6-7,9-10H,1-5,8H2. The van der Waals surface area contributed by atoms with Gasteiger partial charge in [0.05, 0.1) is 0 Å². The molecule has 2 aliphatic carbocycles. The summed E-state index contributed by atoms with van der Waals surface area (Å²) in [4.78, 5) is 23.6. The summed E-state index contributed by atoms with van der Waals surface area (Å²) in [6, 6.07) is 0.290. The molecule has 0 bridgehead atoms. The molecule has 0 spiro atoms. The molecule has 1 aromatic rings. The number of aromatic nitrogens is 2. The summed E-state index contributed by atoms with van der Waals surface area (Å²) < 4.78 is 3.19. The van der Waals surface area contributed by atoms with Crippen molar-refractivity contribution < 1.29 is 0 Å². The fraction of sp³-hybridized carbons (Fsp3) is 0.667. The maximum Gasteiger partial charge on any atom is 0.316 e. The number of hydrogen-bond acceptors (Lipinski definition) is 2. The second kappa shape index (κ2) is 3.61. The van der Waals surface area contributed by atoms with E-state index >= 15 is 0 Å². The highest BCUT2D eigenvalue weighted by Gasteiger charge is 2.26. The van der Waals surface area contributed by atoms with Crippen molar-refractivity contribution in [1.29, 1.82) is 0 Å². The van der Waals surface area contributed by atoms with Crippen molar-refractivity contribution in [2.24, 2.45) is 5.92 Å². The van der Waals surface area contributed by atoms with Gasteiger partial charge in [-0.25, -0.2) is 0 Å². The van der Waals surface area contributed by atoms with E-state index in [0.717, 1.165) is 19.4 Å².